The fraction of sp³-hybridized carbons (Fsp3) is 0. The van der Waals surface area contributed by atoms with Crippen LogP contribution in [0.5, 0.6) is 0 Å². The summed E-state index contributed by atoms with van der Waals surface area (Å²) in [6.07, 6.45) is 0. The topological polar surface area (TPSA) is 77.8 Å². The van der Waals surface area contributed by atoms with Crippen LogP contribution in [-0.4, -0.2) is 9.97 Å². The average Bonchev–Trinajstić information content (AvgIpc) is 2.31. The zero-order valence-electron chi connectivity index (χ0n) is 8.81. The van der Waals surface area contributed by atoms with E-state index in [9.17, 15) is 0 Å². The van der Waals surface area contributed by atoms with Gasteiger partial charge in [0.25, 0.3) is 0 Å². The molecule has 4 N–H and O–H groups in total. The van der Waals surface area contributed by atoms with E-state index >= 15 is 0 Å². The number of hydrogen-bond donors (Lipinski definition) is 2. The van der Waals surface area contributed by atoms with E-state index in [1.165, 1.54) is 0 Å². The van der Waals surface area contributed by atoms with Crippen molar-refractivity contribution in [2.24, 2.45) is 0 Å². The van der Waals surface area contributed by atoms with Gasteiger partial charge in [-0.05, 0) is 6.07 Å². The quantitative estimate of drug-likeness (QED) is 0.596. The van der Waals surface area contributed by atoms with Gasteiger partial charge in [-0.25, -0.2) is 4.98 Å². The highest BCUT2D eigenvalue weighted by Crippen LogP contribution is 2.32. The van der Waals surface area contributed by atoms with Gasteiger partial charge in [-0.3, -0.25) is 0 Å². The Kier molecular flexibility index (Phi) is 2.06. The third kappa shape index (κ3) is 1.45. The lowest BCUT2D eigenvalue weighted by Crippen LogP contribution is -2.00. The third-order valence-electron chi connectivity index (χ3n) is 2.70. The Morgan fingerprint density at radius 2 is 1.65 bits per heavy atom. The van der Waals surface area contributed by atoms with Crippen molar-refractivity contribution < 1.29 is 0 Å². The molecule has 0 saturated heterocycles. The molecule has 0 aliphatic carbocycles. The largest absolute Gasteiger partial charge is 0.383 e. The normalized spacial score (nSPS) is 11.1. The second-order valence-corrected chi connectivity index (χ2v) is 4.17. The molecule has 2 aromatic carbocycles. The minimum Gasteiger partial charge on any atom is -0.383 e. The van der Waals surface area contributed by atoms with E-state index in [1.54, 1.807) is 6.07 Å². The molecule has 0 unspecified atom stereocenters. The zero-order chi connectivity index (χ0) is 12.0. The highest BCUT2D eigenvalue weighted by Gasteiger charge is 2.09. The van der Waals surface area contributed by atoms with Gasteiger partial charge in [0.05, 0.1) is 5.52 Å². The van der Waals surface area contributed by atoms with Crippen molar-refractivity contribution in [1.82, 2.24) is 9.97 Å². The van der Waals surface area contributed by atoms with Crippen molar-refractivity contribution in [2.75, 3.05) is 11.5 Å². The number of rotatable bonds is 0. The average molecular weight is 245 g/mol. The molecule has 3 rings (SSSR count). The first-order chi connectivity index (χ1) is 8.16. The standard InChI is InChI=1S/C12H9ClN4/c13-9-5-8-10(16-12(15)17-11(8)14)7-4-2-1-3-6(7)9/h1-5H,(H4,14,15,16,17). The molecule has 84 valence electrons. The molecule has 0 aliphatic heterocycles. The first-order valence-electron chi connectivity index (χ1n) is 5.07. The van der Waals surface area contributed by atoms with Gasteiger partial charge >= 0.3 is 0 Å². The maximum Gasteiger partial charge on any atom is 0.222 e. The number of anilines is 2. The Balaban J connectivity index is 2.63. The van der Waals surface area contributed by atoms with Crippen LogP contribution in [0.3, 0.4) is 0 Å². The Hall–Kier alpha value is -2.07. The second-order valence-electron chi connectivity index (χ2n) is 3.77. The minimum absolute atomic E-state index is 0.169. The maximum atomic E-state index is 6.21. The molecule has 0 bridgehead atoms. The zero-order valence-corrected chi connectivity index (χ0v) is 9.57. The van der Waals surface area contributed by atoms with Gasteiger partial charge in [0.15, 0.2) is 0 Å². The van der Waals surface area contributed by atoms with Crippen molar-refractivity contribution in [3.05, 3.63) is 35.4 Å². The van der Waals surface area contributed by atoms with Gasteiger partial charge in [0.1, 0.15) is 5.82 Å². The van der Waals surface area contributed by atoms with Crippen molar-refractivity contribution in [1.29, 1.82) is 0 Å². The van der Waals surface area contributed by atoms with Crippen LogP contribution in [0.1, 0.15) is 0 Å². The number of halogens is 1. The second kappa shape index (κ2) is 3.46. The van der Waals surface area contributed by atoms with E-state index in [-0.39, 0.29) is 5.95 Å². The fourth-order valence-corrected chi connectivity index (χ4v) is 2.23. The molecule has 0 fully saturated rings. The molecule has 0 radical (unpaired) electrons. The predicted molar refractivity (Wildman–Crippen MR) is 70.9 cm³/mol. The van der Waals surface area contributed by atoms with Crippen LogP contribution in [0.2, 0.25) is 5.02 Å². The number of nitrogens with zero attached hydrogens (tertiary/aromatic N) is 2. The molecule has 0 amide bonds. The first-order valence-corrected chi connectivity index (χ1v) is 5.44. The molecule has 0 aliphatic rings. The first kappa shape index (κ1) is 10.1. The number of nitrogen functional groups attached to an aromatic ring is 2. The van der Waals surface area contributed by atoms with E-state index in [1.807, 2.05) is 24.3 Å². The Morgan fingerprint density at radius 1 is 0.941 bits per heavy atom. The highest BCUT2D eigenvalue weighted by atomic mass is 35.5. The van der Waals surface area contributed by atoms with Gasteiger partial charge in [0, 0.05) is 21.2 Å². The minimum atomic E-state index is 0.169. The Morgan fingerprint density at radius 3 is 2.41 bits per heavy atom. The number of hydrogen-bond acceptors (Lipinski definition) is 4. The van der Waals surface area contributed by atoms with Gasteiger partial charge < -0.3 is 11.5 Å². The maximum absolute atomic E-state index is 6.21. The molecule has 0 saturated carbocycles. The molecule has 17 heavy (non-hydrogen) atoms. The van der Waals surface area contributed by atoms with E-state index in [0.717, 1.165) is 21.7 Å². The number of benzene rings is 2. The molecule has 0 atom stereocenters. The van der Waals surface area contributed by atoms with Gasteiger partial charge in [-0.1, -0.05) is 35.9 Å². The predicted octanol–water partition coefficient (Wildman–Crippen LogP) is 2.60. The van der Waals surface area contributed by atoms with Crippen molar-refractivity contribution in [3.63, 3.8) is 0 Å². The molecule has 4 nitrogen and oxygen atoms in total. The van der Waals surface area contributed by atoms with Crippen LogP contribution in [0.4, 0.5) is 11.8 Å². The number of nitrogens with two attached hydrogens (primary N) is 2. The third-order valence-corrected chi connectivity index (χ3v) is 3.02. The lowest BCUT2D eigenvalue weighted by atomic mass is 10.1. The summed E-state index contributed by atoms with van der Waals surface area (Å²) in [6.45, 7) is 0. The summed E-state index contributed by atoms with van der Waals surface area (Å²) in [4.78, 5) is 8.17. The van der Waals surface area contributed by atoms with Crippen LogP contribution in [0.25, 0.3) is 21.7 Å². The fourth-order valence-electron chi connectivity index (χ4n) is 1.95. The molecule has 3 aromatic rings. The van der Waals surface area contributed by atoms with Gasteiger partial charge in [-0.15, -0.1) is 0 Å². The molecule has 1 aromatic heterocycles. The van der Waals surface area contributed by atoms with E-state index in [2.05, 4.69) is 9.97 Å². The highest BCUT2D eigenvalue weighted by molar-refractivity contribution is 6.37. The monoisotopic (exact) mass is 244 g/mol. The van der Waals surface area contributed by atoms with Gasteiger partial charge in [0.2, 0.25) is 5.95 Å². The molecular formula is C12H9ClN4. The summed E-state index contributed by atoms with van der Waals surface area (Å²) in [5.41, 5.74) is 12.2. The summed E-state index contributed by atoms with van der Waals surface area (Å²) in [7, 11) is 0. The van der Waals surface area contributed by atoms with Crippen LogP contribution in [-0.2, 0) is 0 Å². The summed E-state index contributed by atoms with van der Waals surface area (Å²) in [5.74, 6) is 0.516. The van der Waals surface area contributed by atoms with Gasteiger partial charge in [-0.2, -0.15) is 4.98 Å². The smallest absolute Gasteiger partial charge is 0.222 e. The van der Waals surface area contributed by atoms with Crippen LogP contribution >= 0.6 is 11.6 Å². The summed E-state index contributed by atoms with van der Waals surface area (Å²) in [6, 6.07) is 9.50. The lowest BCUT2D eigenvalue weighted by Gasteiger charge is -2.07. The number of fused-ring (bicyclic) bond motifs is 3. The molecule has 5 heteroatoms. The van der Waals surface area contributed by atoms with Crippen molar-refractivity contribution in [2.45, 2.75) is 0 Å². The van der Waals surface area contributed by atoms with Crippen LogP contribution in [0.15, 0.2) is 30.3 Å². The molecular weight excluding hydrogens is 236 g/mol. The van der Waals surface area contributed by atoms with Crippen LogP contribution < -0.4 is 11.5 Å². The summed E-state index contributed by atoms with van der Waals surface area (Å²) >= 11 is 6.21. The van der Waals surface area contributed by atoms with E-state index in [4.69, 9.17) is 23.1 Å². The summed E-state index contributed by atoms with van der Waals surface area (Å²) < 4.78 is 0. The number of aromatic nitrogens is 2. The van der Waals surface area contributed by atoms with E-state index < -0.39 is 0 Å². The lowest BCUT2D eigenvalue weighted by molar-refractivity contribution is 1.25. The summed E-state index contributed by atoms with van der Waals surface area (Å²) in [5, 5.41) is 3.21. The van der Waals surface area contributed by atoms with Crippen molar-refractivity contribution in [3.8, 4) is 0 Å². The molecule has 1 heterocycles. The van der Waals surface area contributed by atoms with E-state index in [0.29, 0.717) is 10.8 Å². The van der Waals surface area contributed by atoms with Crippen LogP contribution in [0, 0.1) is 0 Å². The Labute approximate surface area is 102 Å². The van der Waals surface area contributed by atoms with Crippen molar-refractivity contribution >= 4 is 45.0 Å². The Bertz CT molecular complexity index is 739. The molecule has 0 spiro atoms. The SMILES string of the molecule is Nc1nc(N)c2cc(Cl)c3ccccc3c2n1.